The number of ether oxygens (including phenoxy) is 1. The van der Waals surface area contributed by atoms with Crippen LogP contribution in [0.25, 0.3) is 0 Å². The van der Waals surface area contributed by atoms with Crippen molar-refractivity contribution in [2.24, 2.45) is 4.99 Å². The standard InChI is InChI=1S/C19H31N3O3S.HI/c1-4-20-18(21-14-16(2)17-8-6-5-7-9-17)22-15-19(26(3,23)24)10-12-25-13-11-19;/h5-9,16H,4,10-15H2,1-3H3,(H2,20,21,22);1H. The van der Waals surface area contributed by atoms with Gasteiger partial charge in [0.25, 0.3) is 0 Å². The normalized spacial score (nSPS) is 18.3. The predicted molar refractivity (Wildman–Crippen MR) is 122 cm³/mol. The average Bonchev–Trinajstić information content (AvgIpc) is 2.64. The molecule has 0 saturated carbocycles. The van der Waals surface area contributed by atoms with Crippen LogP contribution in [0.5, 0.6) is 0 Å². The minimum Gasteiger partial charge on any atom is -0.381 e. The molecule has 1 unspecified atom stereocenters. The third-order valence-corrected chi connectivity index (χ3v) is 7.11. The summed E-state index contributed by atoms with van der Waals surface area (Å²) < 4.78 is 29.3. The highest BCUT2D eigenvalue weighted by Crippen LogP contribution is 2.29. The summed E-state index contributed by atoms with van der Waals surface area (Å²) in [5.74, 6) is 0.983. The van der Waals surface area contributed by atoms with Crippen molar-refractivity contribution in [1.82, 2.24) is 10.6 Å². The van der Waals surface area contributed by atoms with Crippen LogP contribution in [0.15, 0.2) is 35.3 Å². The van der Waals surface area contributed by atoms with Gasteiger partial charge in [0.05, 0.1) is 11.3 Å². The third kappa shape index (κ3) is 6.90. The van der Waals surface area contributed by atoms with E-state index in [0.29, 0.717) is 37.9 Å². The lowest BCUT2D eigenvalue weighted by molar-refractivity contribution is 0.0768. The number of hydrogen-bond donors (Lipinski definition) is 2. The predicted octanol–water partition coefficient (Wildman–Crippen LogP) is 2.56. The summed E-state index contributed by atoms with van der Waals surface area (Å²) >= 11 is 0. The van der Waals surface area contributed by atoms with Crippen LogP contribution in [0.3, 0.4) is 0 Å². The van der Waals surface area contributed by atoms with Gasteiger partial charge in [-0.2, -0.15) is 0 Å². The number of sulfone groups is 1. The number of nitrogens with one attached hydrogen (secondary N) is 2. The largest absolute Gasteiger partial charge is 0.381 e. The molecule has 0 bridgehead atoms. The van der Waals surface area contributed by atoms with E-state index in [2.05, 4.69) is 34.7 Å². The lowest BCUT2D eigenvalue weighted by Gasteiger charge is -2.34. The lowest BCUT2D eigenvalue weighted by Crippen LogP contribution is -2.47. The Morgan fingerprint density at radius 3 is 2.41 bits per heavy atom. The molecule has 8 heteroatoms. The monoisotopic (exact) mass is 509 g/mol. The maximum atomic E-state index is 12.4. The van der Waals surface area contributed by atoms with E-state index in [9.17, 15) is 8.42 Å². The van der Waals surface area contributed by atoms with Crippen LogP contribution >= 0.6 is 24.0 Å². The maximum absolute atomic E-state index is 12.4. The first-order valence-corrected chi connectivity index (χ1v) is 11.1. The van der Waals surface area contributed by atoms with Crippen molar-refractivity contribution >= 4 is 39.8 Å². The van der Waals surface area contributed by atoms with Gasteiger partial charge in [0.15, 0.2) is 15.8 Å². The molecule has 154 valence electrons. The van der Waals surface area contributed by atoms with Crippen LogP contribution in [0.4, 0.5) is 0 Å². The topological polar surface area (TPSA) is 79.8 Å². The van der Waals surface area contributed by atoms with Crippen LogP contribution in [-0.2, 0) is 14.6 Å². The number of hydrogen-bond acceptors (Lipinski definition) is 4. The summed E-state index contributed by atoms with van der Waals surface area (Å²) in [6.45, 7) is 6.80. The Balaban J connectivity index is 0.00000364. The second-order valence-corrected chi connectivity index (χ2v) is 9.37. The Kier molecular flexibility index (Phi) is 10.0. The second-order valence-electron chi connectivity index (χ2n) is 6.96. The molecular formula is C19H32IN3O3S. The molecule has 0 radical (unpaired) electrons. The molecule has 0 spiro atoms. The molecule has 0 aromatic heterocycles. The van der Waals surface area contributed by atoms with Crippen LogP contribution in [0.2, 0.25) is 0 Å². The molecule has 1 heterocycles. The molecule has 0 amide bonds. The fourth-order valence-electron chi connectivity index (χ4n) is 3.10. The van der Waals surface area contributed by atoms with Crippen molar-refractivity contribution in [3.8, 4) is 0 Å². The third-order valence-electron chi connectivity index (χ3n) is 5.00. The van der Waals surface area contributed by atoms with Crippen LogP contribution in [0.1, 0.15) is 38.2 Å². The molecule has 1 aliphatic rings. The molecule has 1 aliphatic heterocycles. The molecule has 2 N–H and O–H groups in total. The van der Waals surface area contributed by atoms with Gasteiger partial charge in [-0.15, -0.1) is 24.0 Å². The summed E-state index contributed by atoms with van der Waals surface area (Å²) in [7, 11) is -3.22. The number of halogens is 1. The Morgan fingerprint density at radius 2 is 1.85 bits per heavy atom. The van der Waals surface area contributed by atoms with Gasteiger partial charge >= 0.3 is 0 Å². The first-order valence-electron chi connectivity index (χ1n) is 9.22. The minimum absolute atomic E-state index is 0. The zero-order valence-corrected chi connectivity index (χ0v) is 19.5. The highest BCUT2D eigenvalue weighted by Gasteiger charge is 2.42. The van der Waals surface area contributed by atoms with Gasteiger partial charge in [-0.05, 0) is 31.2 Å². The van der Waals surface area contributed by atoms with Crippen molar-refractivity contribution in [3.63, 3.8) is 0 Å². The number of nitrogens with zero attached hydrogens (tertiary/aromatic N) is 1. The Morgan fingerprint density at radius 1 is 1.22 bits per heavy atom. The summed E-state index contributed by atoms with van der Waals surface area (Å²) in [6.07, 6.45) is 2.30. The summed E-state index contributed by atoms with van der Waals surface area (Å²) in [5, 5.41) is 6.55. The molecule has 1 aromatic rings. The van der Waals surface area contributed by atoms with E-state index in [1.165, 1.54) is 11.8 Å². The van der Waals surface area contributed by atoms with Gasteiger partial charge in [0.1, 0.15) is 0 Å². The highest BCUT2D eigenvalue weighted by molar-refractivity contribution is 14.0. The Labute approximate surface area is 180 Å². The van der Waals surface area contributed by atoms with Crippen molar-refractivity contribution in [2.45, 2.75) is 37.4 Å². The summed E-state index contributed by atoms with van der Waals surface area (Å²) in [4.78, 5) is 4.60. The van der Waals surface area contributed by atoms with Gasteiger partial charge < -0.3 is 15.4 Å². The number of benzene rings is 1. The van der Waals surface area contributed by atoms with E-state index < -0.39 is 14.6 Å². The van der Waals surface area contributed by atoms with Gasteiger partial charge in [0, 0.05) is 32.6 Å². The van der Waals surface area contributed by atoms with Crippen molar-refractivity contribution in [1.29, 1.82) is 0 Å². The molecule has 0 aliphatic carbocycles. The van der Waals surface area contributed by atoms with E-state index in [1.807, 2.05) is 25.1 Å². The number of rotatable bonds is 7. The fraction of sp³-hybridized carbons (Fsp3) is 0.632. The molecule has 1 fully saturated rings. The highest BCUT2D eigenvalue weighted by atomic mass is 127. The number of aliphatic imine (C=N–C) groups is 1. The number of guanidine groups is 1. The first-order chi connectivity index (χ1) is 12.4. The lowest BCUT2D eigenvalue weighted by atomic mass is 9.99. The average molecular weight is 509 g/mol. The SMILES string of the molecule is CCNC(=NCC1(S(C)(=O)=O)CCOCC1)NCC(C)c1ccccc1.I. The van der Waals surface area contributed by atoms with Crippen LogP contribution in [0, 0.1) is 0 Å². The molecule has 27 heavy (non-hydrogen) atoms. The zero-order valence-electron chi connectivity index (χ0n) is 16.4. The molecule has 1 atom stereocenters. The van der Waals surface area contributed by atoms with E-state index >= 15 is 0 Å². The van der Waals surface area contributed by atoms with Crippen molar-refractivity contribution < 1.29 is 13.2 Å². The smallest absolute Gasteiger partial charge is 0.191 e. The van der Waals surface area contributed by atoms with Crippen LogP contribution in [-0.4, -0.2) is 58.2 Å². The first kappa shape index (κ1) is 24.2. The van der Waals surface area contributed by atoms with Gasteiger partial charge in [-0.3, -0.25) is 4.99 Å². The molecule has 6 nitrogen and oxygen atoms in total. The van der Waals surface area contributed by atoms with Gasteiger partial charge in [0.2, 0.25) is 0 Å². The van der Waals surface area contributed by atoms with E-state index in [-0.39, 0.29) is 30.5 Å². The summed E-state index contributed by atoms with van der Waals surface area (Å²) in [6, 6.07) is 10.3. The minimum atomic E-state index is -3.22. The molecule has 1 saturated heterocycles. The Hall–Kier alpha value is -0.870. The van der Waals surface area contributed by atoms with Crippen molar-refractivity contribution in [2.75, 3.05) is 39.1 Å². The van der Waals surface area contributed by atoms with Gasteiger partial charge in [-0.25, -0.2) is 8.42 Å². The molecular weight excluding hydrogens is 477 g/mol. The molecule has 2 rings (SSSR count). The zero-order chi connectivity index (χ0) is 19.0. The second kappa shape index (κ2) is 11.2. The quantitative estimate of drug-likeness (QED) is 0.336. The van der Waals surface area contributed by atoms with E-state index in [0.717, 1.165) is 13.1 Å². The van der Waals surface area contributed by atoms with E-state index in [4.69, 9.17) is 4.74 Å². The fourth-order valence-corrected chi connectivity index (χ4v) is 4.31. The summed E-state index contributed by atoms with van der Waals surface area (Å²) in [5.41, 5.74) is 1.26. The van der Waals surface area contributed by atoms with Crippen LogP contribution < -0.4 is 10.6 Å². The van der Waals surface area contributed by atoms with Gasteiger partial charge in [-0.1, -0.05) is 37.3 Å². The van der Waals surface area contributed by atoms with E-state index in [1.54, 1.807) is 0 Å². The molecule has 1 aromatic carbocycles. The maximum Gasteiger partial charge on any atom is 0.191 e. The van der Waals surface area contributed by atoms with Crippen molar-refractivity contribution in [3.05, 3.63) is 35.9 Å². The Bertz CT molecular complexity index is 689.